The van der Waals surface area contributed by atoms with Crippen LogP contribution in [-0.2, 0) is 0 Å². The largest absolute Gasteiger partial charge is 0.496 e. The summed E-state index contributed by atoms with van der Waals surface area (Å²) in [5.41, 5.74) is 4.31. The van der Waals surface area contributed by atoms with Gasteiger partial charge in [0.05, 0.1) is 24.0 Å². The number of ether oxygens (including phenoxy) is 1. The van der Waals surface area contributed by atoms with Crippen LogP contribution < -0.4 is 15.5 Å². The van der Waals surface area contributed by atoms with Crippen LogP contribution in [0.15, 0.2) is 53.6 Å². The Morgan fingerprint density at radius 1 is 1.19 bits per heavy atom. The van der Waals surface area contributed by atoms with E-state index in [0.29, 0.717) is 10.1 Å². The molecule has 4 nitrogen and oxygen atoms in total. The molecule has 0 radical (unpaired) electrons. The van der Waals surface area contributed by atoms with Gasteiger partial charge in [-0.15, -0.1) is 0 Å². The van der Waals surface area contributed by atoms with Crippen LogP contribution in [0.2, 0.25) is 5.02 Å². The molecule has 0 fully saturated rings. The molecule has 0 spiro atoms. The van der Waals surface area contributed by atoms with E-state index in [4.69, 9.17) is 28.6 Å². The molecule has 2 rings (SSSR count). The summed E-state index contributed by atoms with van der Waals surface area (Å²) in [6.45, 7) is 0. The predicted octanol–water partition coefficient (Wildman–Crippen LogP) is 3.67. The molecule has 0 aliphatic rings. The Labute approximate surface area is 133 Å². The van der Waals surface area contributed by atoms with Crippen LogP contribution in [0.3, 0.4) is 0 Å². The monoisotopic (exact) mass is 319 g/mol. The SMILES string of the molecule is COc1ccccc1C=NNC(=S)Nc1ccccc1Cl. The number of para-hydroxylation sites is 2. The maximum Gasteiger partial charge on any atom is 0.191 e. The number of hydrogen-bond acceptors (Lipinski definition) is 3. The van der Waals surface area contributed by atoms with Crippen LogP contribution in [0, 0.1) is 0 Å². The molecule has 108 valence electrons. The second-order valence-corrected chi connectivity index (χ2v) is 4.86. The number of nitrogens with one attached hydrogen (secondary N) is 2. The molecule has 0 heterocycles. The van der Waals surface area contributed by atoms with Gasteiger partial charge in [0, 0.05) is 5.56 Å². The third-order valence-corrected chi connectivity index (χ3v) is 3.15. The lowest BCUT2D eigenvalue weighted by molar-refractivity contribution is 0.414. The van der Waals surface area contributed by atoms with E-state index in [1.165, 1.54) is 0 Å². The minimum Gasteiger partial charge on any atom is -0.496 e. The van der Waals surface area contributed by atoms with Gasteiger partial charge in [-0.05, 0) is 36.5 Å². The van der Waals surface area contributed by atoms with Gasteiger partial charge in [-0.1, -0.05) is 35.9 Å². The van der Waals surface area contributed by atoms with E-state index < -0.39 is 0 Å². The summed E-state index contributed by atoms with van der Waals surface area (Å²) in [5, 5.41) is 7.99. The molecule has 2 aromatic rings. The van der Waals surface area contributed by atoms with E-state index in [1.54, 1.807) is 19.4 Å². The highest BCUT2D eigenvalue weighted by Crippen LogP contribution is 2.20. The van der Waals surface area contributed by atoms with E-state index in [2.05, 4.69) is 15.8 Å². The molecule has 21 heavy (non-hydrogen) atoms. The van der Waals surface area contributed by atoms with E-state index in [-0.39, 0.29) is 0 Å². The number of rotatable bonds is 4. The molecule has 0 aliphatic heterocycles. The highest BCUT2D eigenvalue weighted by atomic mass is 35.5. The second kappa shape index (κ2) is 7.61. The standard InChI is InChI=1S/C15H14ClN3OS/c1-20-14-9-5-2-6-11(14)10-17-19-15(21)18-13-8-4-3-7-12(13)16/h2-10H,1H3,(H2,18,19,21). The Kier molecular flexibility index (Phi) is 5.54. The Morgan fingerprint density at radius 2 is 1.90 bits per heavy atom. The third-order valence-electron chi connectivity index (χ3n) is 2.63. The van der Waals surface area contributed by atoms with Crippen molar-refractivity contribution in [1.29, 1.82) is 0 Å². The van der Waals surface area contributed by atoms with Gasteiger partial charge < -0.3 is 10.1 Å². The molecular formula is C15H14ClN3OS. The van der Waals surface area contributed by atoms with E-state index in [1.807, 2.05) is 42.5 Å². The lowest BCUT2D eigenvalue weighted by atomic mass is 10.2. The van der Waals surface area contributed by atoms with Crippen LogP contribution in [-0.4, -0.2) is 18.4 Å². The molecule has 0 bridgehead atoms. The zero-order chi connectivity index (χ0) is 15.1. The van der Waals surface area contributed by atoms with Gasteiger partial charge in [-0.25, -0.2) is 0 Å². The number of halogens is 1. The van der Waals surface area contributed by atoms with Crippen molar-refractivity contribution in [3.05, 3.63) is 59.1 Å². The summed E-state index contributed by atoms with van der Waals surface area (Å²) in [6.07, 6.45) is 1.64. The van der Waals surface area contributed by atoms with Gasteiger partial charge in [0.1, 0.15) is 5.75 Å². The van der Waals surface area contributed by atoms with Crippen molar-refractivity contribution in [2.24, 2.45) is 5.10 Å². The van der Waals surface area contributed by atoms with Gasteiger partial charge in [0.25, 0.3) is 0 Å². The van der Waals surface area contributed by atoms with Gasteiger partial charge in [0.15, 0.2) is 5.11 Å². The Bertz CT molecular complexity index is 661. The maximum absolute atomic E-state index is 6.03. The van der Waals surface area contributed by atoms with E-state index in [9.17, 15) is 0 Å². The first-order chi connectivity index (χ1) is 10.2. The number of methoxy groups -OCH3 is 1. The topological polar surface area (TPSA) is 45.6 Å². The van der Waals surface area contributed by atoms with Crippen molar-refractivity contribution in [2.75, 3.05) is 12.4 Å². The summed E-state index contributed by atoms with van der Waals surface area (Å²) < 4.78 is 5.23. The molecule has 0 amide bonds. The summed E-state index contributed by atoms with van der Waals surface area (Å²) >= 11 is 11.2. The van der Waals surface area contributed by atoms with Crippen molar-refractivity contribution in [3.63, 3.8) is 0 Å². The molecule has 2 N–H and O–H groups in total. The highest BCUT2D eigenvalue weighted by molar-refractivity contribution is 7.80. The molecule has 6 heteroatoms. The fourth-order valence-electron chi connectivity index (χ4n) is 1.65. The molecule has 0 unspecified atom stereocenters. The molecule has 0 saturated heterocycles. The van der Waals surface area contributed by atoms with Gasteiger partial charge >= 0.3 is 0 Å². The first kappa shape index (κ1) is 15.3. The maximum atomic E-state index is 6.03. The average molecular weight is 320 g/mol. The zero-order valence-electron chi connectivity index (χ0n) is 11.3. The Balaban J connectivity index is 1.95. The molecule has 0 atom stereocenters. The quantitative estimate of drug-likeness (QED) is 0.513. The van der Waals surface area contributed by atoms with Crippen LogP contribution in [0.25, 0.3) is 0 Å². The van der Waals surface area contributed by atoms with Gasteiger partial charge in [0.2, 0.25) is 0 Å². The molecule has 0 saturated carbocycles. The number of hydrazone groups is 1. The Hall–Kier alpha value is -2.11. The smallest absolute Gasteiger partial charge is 0.191 e. The summed E-state index contributed by atoms with van der Waals surface area (Å²) in [5.74, 6) is 0.744. The minimum atomic E-state index is 0.356. The molecular weight excluding hydrogens is 306 g/mol. The number of anilines is 1. The summed E-state index contributed by atoms with van der Waals surface area (Å²) in [7, 11) is 1.61. The lowest BCUT2D eigenvalue weighted by Crippen LogP contribution is -2.24. The van der Waals surface area contributed by atoms with Crippen LogP contribution in [0.5, 0.6) is 5.75 Å². The average Bonchev–Trinajstić information content (AvgIpc) is 2.50. The van der Waals surface area contributed by atoms with Crippen molar-refractivity contribution >= 4 is 40.8 Å². The van der Waals surface area contributed by atoms with Crippen molar-refractivity contribution < 1.29 is 4.74 Å². The Morgan fingerprint density at radius 3 is 2.67 bits per heavy atom. The normalized spacial score (nSPS) is 10.4. The van der Waals surface area contributed by atoms with E-state index >= 15 is 0 Å². The van der Waals surface area contributed by atoms with E-state index in [0.717, 1.165) is 17.0 Å². The molecule has 2 aromatic carbocycles. The van der Waals surface area contributed by atoms with Crippen molar-refractivity contribution in [3.8, 4) is 5.75 Å². The number of benzene rings is 2. The molecule has 0 aliphatic carbocycles. The fourth-order valence-corrected chi connectivity index (χ4v) is 1.99. The minimum absolute atomic E-state index is 0.356. The summed E-state index contributed by atoms with van der Waals surface area (Å²) in [6, 6.07) is 14.9. The second-order valence-electron chi connectivity index (χ2n) is 4.05. The number of hydrogen-bond donors (Lipinski definition) is 2. The first-order valence-electron chi connectivity index (χ1n) is 6.18. The van der Waals surface area contributed by atoms with Crippen LogP contribution in [0.1, 0.15) is 5.56 Å². The van der Waals surface area contributed by atoms with Gasteiger partial charge in [-0.3, -0.25) is 5.43 Å². The number of thiocarbonyl (C=S) groups is 1. The zero-order valence-corrected chi connectivity index (χ0v) is 12.9. The van der Waals surface area contributed by atoms with Gasteiger partial charge in [-0.2, -0.15) is 5.10 Å². The van der Waals surface area contributed by atoms with Crippen molar-refractivity contribution in [1.82, 2.24) is 5.43 Å². The highest BCUT2D eigenvalue weighted by Gasteiger charge is 2.01. The lowest BCUT2D eigenvalue weighted by Gasteiger charge is -2.08. The van der Waals surface area contributed by atoms with Crippen LogP contribution >= 0.6 is 23.8 Å². The summed E-state index contributed by atoms with van der Waals surface area (Å²) in [4.78, 5) is 0. The van der Waals surface area contributed by atoms with Crippen molar-refractivity contribution in [2.45, 2.75) is 0 Å². The first-order valence-corrected chi connectivity index (χ1v) is 6.97. The predicted molar refractivity (Wildman–Crippen MR) is 91.4 cm³/mol. The molecule has 0 aromatic heterocycles. The number of nitrogens with zero attached hydrogens (tertiary/aromatic N) is 1. The third kappa shape index (κ3) is 4.44. The van der Waals surface area contributed by atoms with Crippen LogP contribution in [0.4, 0.5) is 5.69 Å². The fraction of sp³-hybridized carbons (Fsp3) is 0.0667.